The van der Waals surface area contributed by atoms with Crippen LogP contribution < -0.4 is 15.5 Å². The van der Waals surface area contributed by atoms with Gasteiger partial charge in [0.15, 0.2) is 5.65 Å². The summed E-state index contributed by atoms with van der Waals surface area (Å²) in [5.41, 5.74) is 5.43. The first-order valence-electron chi connectivity index (χ1n) is 14.1. The van der Waals surface area contributed by atoms with Crippen molar-refractivity contribution in [1.29, 1.82) is 0 Å². The number of fused-ring (bicyclic) bond motifs is 1. The lowest BCUT2D eigenvalue weighted by Gasteiger charge is -2.31. The number of benzene rings is 1. The van der Waals surface area contributed by atoms with Gasteiger partial charge in [-0.2, -0.15) is 0 Å². The standard InChI is InChI=1S/C30H32ClN7O2/c31-21-3-1-2-19(10-21)24-12-25(24)30(40)36-28-13-27(33-17-34-28)32-14-22-16-38-15-20(18-4-5-18)11-26(29(38)35-22)37-8-6-23(39)7-9-37/h1-3,10-11,13,15-18,23-25,39H,4-9,12,14H2,(H2,32,33,34,36,40)/t24-,25+/m0/s1. The maximum Gasteiger partial charge on any atom is 0.229 e. The first-order valence-corrected chi connectivity index (χ1v) is 14.4. The number of anilines is 3. The van der Waals surface area contributed by atoms with E-state index in [1.165, 1.54) is 24.7 Å². The molecule has 0 radical (unpaired) electrons. The largest absolute Gasteiger partial charge is 0.393 e. The number of rotatable bonds is 8. The molecule has 3 aliphatic rings. The number of pyridine rings is 1. The number of aliphatic hydroxyl groups is 1. The average molecular weight is 558 g/mol. The van der Waals surface area contributed by atoms with Crippen LogP contribution in [0.3, 0.4) is 0 Å². The SMILES string of the molecule is O=C(Nc1cc(NCc2cn3cc(C4CC4)cc(N4CCC(O)CC4)c3n2)ncn1)[C@@H]1C[C@H]1c1cccc(Cl)c1. The zero-order valence-electron chi connectivity index (χ0n) is 22.1. The molecule has 7 rings (SSSR count). The highest BCUT2D eigenvalue weighted by molar-refractivity contribution is 6.30. The fourth-order valence-corrected chi connectivity index (χ4v) is 5.93. The van der Waals surface area contributed by atoms with Crippen LogP contribution in [0.5, 0.6) is 0 Å². The third kappa shape index (κ3) is 5.36. The van der Waals surface area contributed by atoms with Crippen LogP contribution in [0.15, 0.2) is 55.1 Å². The van der Waals surface area contributed by atoms with E-state index in [1.807, 2.05) is 24.3 Å². The normalized spacial score (nSPS) is 21.0. The van der Waals surface area contributed by atoms with Gasteiger partial charge in [0.1, 0.15) is 18.0 Å². The number of nitrogens with zero attached hydrogens (tertiary/aromatic N) is 5. The highest BCUT2D eigenvalue weighted by Crippen LogP contribution is 2.48. The molecule has 40 heavy (non-hydrogen) atoms. The number of carbonyl (C=O) groups is 1. The van der Waals surface area contributed by atoms with E-state index in [-0.39, 0.29) is 23.8 Å². The number of piperidine rings is 1. The van der Waals surface area contributed by atoms with Crippen molar-refractivity contribution in [3.63, 3.8) is 0 Å². The monoisotopic (exact) mass is 557 g/mol. The van der Waals surface area contributed by atoms with Crippen molar-refractivity contribution in [2.24, 2.45) is 5.92 Å². The molecule has 2 atom stereocenters. The quantitative estimate of drug-likeness (QED) is 0.281. The fourth-order valence-electron chi connectivity index (χ4n) is 5.73. The van der Waals surface area contributed by atoms with E-state index < -0.39 is 0 Å². The summed E-state index contributed by atoms with van der Waals surface area (Å²) in [7, 11) is 0. The van der Waals surface area contributed by atoms with Crippen LogP contribution in [0.4, 0.5) is 17.3 Å². The molecular weight excluding hydrogens is 526 g/mol. The smallest absolute Gasteiger partial charge is 0.229 e. The van der Waals surface area contributed by atoms with E-state index in [4.69, 9.17) is 16.6 Å². The van der Waals surface area contributed by atoms with Gasteiger partial charge in [-0.05, 0) is 73.3 Å². The molecule has 4 aromatic rings. The van der Waals surface area contributed by atoms with E-state index in [0.717, 1.165) is 54.9 Å². The van der Waals surface area contributed by atoms with Crippen LogP contribution in [0.25, 0.3) is 5.65 Å². The molecule has 4 heterocycles. The predicted octanol–water partition coefficient (Wildman–Crippen LogP) is 4.97. The number of carbonyl (C=O) groups excluding carboxylic acids is 1. The minimum Gasteiger partial charge on any atom is -0.393 e. The van der Waals surface area contributed by atoms with Gasteiger partial charge in [0.05, 0.1) is 24.0 Å². The third-order valence-electron chi connectivity index (χ3n) is 8.23. The molecule has 3 aromatic heterocycles. The number of halogens is 1. The summed E-state index contributed by atoms with van der Waals surface area (Å²) >= 11 is 6.12. The Morgan fingerprint density at radius 3 is 2.65 bits per heavy atom. The van der Waals surface area contributed by atoms with Crippen LogP contribution in [0.1, 0.15) is 60.8 Å². The fraction of sp³-hybridized carbons (Fsp3) is 0.400. The van der Waals surface area contributed by atoms with E-state index in [2.05, 4.69) is 48.4 Å². The highest BCUT2D eigenvalue weighted by Gasteiger charge is 2.44. The molecule has 0 bridgehead atoms. The summed E-state index contributed by atoms with van der Waals surface area (Å²) in [6.45, 7) is 2.16. The molecule has 206 valence electrons. The predicted molar refractivity (Wildman–Crippen MR) is 155 cm³/mol. The second kappa shape index (κ2) is 10.4. The van der Waals surface area contributed by atoms with Crippen molar-refractivity contribution in [1.82, 2.24) is 19.4 Å². The molecular formula is C30H32ClN7O2. The number of imidazole rings is 1. The van der Waals surface area contributed by atoms with Gasteiger partial charge in [0, 0.05) is 42.5 Å². The summed E-state index contributed by atoms with van der Waals surface area (Å²) in [5, 5.41) is 17.0. The minimum atomic E-state index is -0.213. The second-order valence-electron chi connectivity index (χ2n) is 11.2. The van der Waals surface area contributed by atoms with Crippen LogP contribution in [-0.2, 0) is 11.3 Å². The first-order chi connectivity index (χ1) is 19.5. The number of hydrogen-bond donors (Lipinski definition) is 3. The average Bonchev–Trinajstić information content (AvgIpc) is 3.88. The van der Waals surface area contributed by atoms with Gasteiger partial charge in [-0.15, -0.1) is 0 Å². The van der Waals surface area contributed by atoms with Gasteiger partial charge >= 0.3 is 0 Å². The van der Waals surface area contributed by atoms with Crippen LogP contribution in [0, 0.1) is 5.92 Å². The summed E-state index contributed by atoms with van der Waals surface area (Å²) in [6, 6.07) is 11.8. The molecule has 3 fully saturated rings. The third-order valence-corrected chi connectivity index (χ3v) is 8.46. The van der Waals surface area contributed by atoms with Crippen molar-refractivity contribution in [2.75, 3.05) is 28.6 Å². The van der Waals surface area contributed by atoms with Gasteiger partial charge in [-0.3, -0.25) is 4.79 Å². The van der Waals surface area contributed by atoms with E-state index >= 15 is 0 Å². The number of nitrogens with one attached hydrogen (secondary N) is 2. The lowest BCUT2D eigenvalue weighted by molar-refractivity contribution is -0.117. The Labute approximate surface area is 237 Å². The number of aromatic nitrogens is 4. The molecule has 0 unspecified atom stereocenters. The Balaban J connectivity index is 1.03. The molecule has 2 aliphatic carbocycles. The maximum absolute atomic E-state index is 12.8. The van der Waals surface area contributed by atoms with E-state index in [0.29, 0.717) is 29.1 Å². The zero-order valence-corrected chi connectivity index (χ0v) is 22.9. The summed E-state index contributed by atoms with van der Waals surface area (Å²) in [4.78, 5) is 28.7. The molecule has 1 aliphatic heterocycles. The van der Waals surface area contributed by atoms with Gasteiger partial charge in [-0.1, -0.05) is 23.7 Å². The lowest BCUT2D eigenvalue weighted by atomic mass is 10.1. The Bertz CT molecular complexity index is 1560. The van der Waals surface area contributed by atoms with Crippen molar-refractivity contribution < 1.29 is 9.90 Å². The van der Waals surface area contributed by atoms with Crippen LogP contribution >= 0.6 is 11.6 Å². The van der Waals surface area contributed by atoms with Crippen LogP contribution in [-0.4, -0.2) is 49.6 Å². The zero-order chi connectivity index (χ0) is 27.2. The van der Waals surface area contributed by atoms with Gasteiger partial charge in [0.2, 0.25) is 5.91 Å². The van der Waals surface area contributed by atoms with Gasteiger partial charge in [-0.25, -0.2) is 15.0 Å². The summed E-state index contributed by atoms with van der Waals surface area (Å²) in [6.07, 6.45) is 10.4. The number of aliphatic hydroxyl groups excluding tert-OH is 1. The van der Waals surface area contributed by atoms with Crippen LogP contribution in [0.2, 0.25) is 5.02 Å². The van der Waals surface area contributed by atoms with Crippen molar-refractivity contribution >= 4 is 40.5 Å². The molecule has 10 heteroatoms. The minimum absolute atomic E-state index is 0.0424. The topological polar surface area (TPSA) is 108 Å². The maximum atomic E-state index is 12.8. The van der Waals surface area contributed by atoms with Gasteiger partial charge in [0.25, 0.3) is 0 Å². The number of amides is 1. The molecule has 2 saturated carbocycles. The van der Waals surface area contributed by atoms with Crippen molar-refractivity contribution in [3.8, 4) is 0 Å². The van der Waals surface area contributed by atoms with E-state index in [9.17, 15) is 9.90 Å². The number of hydrogen-bond acceptors (Lipinski definition) is 7. The molecule has 1 amide bonds. The Morgan fingerprint density at radius 1 is 1.02 bits per heavy atom. The molecule has 9 nitrogen and oxygen atoms in total. The molecule has 3 N–H and O–H groups in total. The van der Waals surface area contributed by atoms with E-state index in [1.54, 1.807) is 6.07 Å². The first kappa shape index (κ1) is 25.3. The highest BCUT2D eigenvalue weighted by atomic mass is 35.5. The van der Waals surface area contributed by atoms with Gasteiger partial charge < -0.3 is 25.0 Å². The second-order valence-corrected chi connectivity index (χ2v) is 11.7. The lowest BCUT2D eigenvalue weighted by Crippen LogP contribution is -2.36. The Hall–Kier alpha value is -3.69. The van der Waals surface area contributed by atoms with Crippen molar-refractivity contribution in [3.05, 3.63) is 77.0 Å². The molecule has 1 aromatic carbocycles. The summed E-state index contributed by atoms with van der Waals surface area (Å²) < 4.78 is 2.14. The Morgan fingerprint density at radius 2 is 1.85 bits per heavy atom. The molecule has 0 spiro atoms. The van der Waals surface area contributed by atoms with Crippen molar-refractivity contribution in [2.45, 2.75) is 56.6 Å². The molecule has 1 saturated heterocycles. The Kier molecular flexibility index (Phi) is 6.56. The summed E-state index contributed by atoms with van der Waals surface area (Å²) in [5.74, 6) is 1.79.